The molecule has 0 saturated carbocycles. The van der Waals surface area contributed by atoms with E-state index in [0.29, 0.717) is 0 Å². The van der Waals surface area contributed by atoms with Crippen molar-refractivity contribution in [3.05, 3.63) is 40.6 Å². The molecule has 0 aliphatic carbocycles. The lowest BCUT2D eigenvalue weighted by Crippen LogP contribution is -2.04. The molecular weight excluding hydrogens is 246 g/mol. The van der Waals surface area contributed by atoms with Crippen molar-refractivity contribution in [1.82, 2.24) is 0 Å². The monoisotopic (exact) mass is 263 g/mol. The molecule has 0 aliphatic heterocycles. The standard InChI is InChI=1S/C14H17NO2S/c1-16-13-6-5-11(10-14(13)17-2)15-8-7-12-4-3-9-18-12/h3-6,9-10,15H,7-8H2,1-2H3. The summed E-state index contributed by atoms with van der Waals surface area (Å²) < 4.78 is 10.5. The van der Waals surface area contributed by atoms with Gasteiger partial charge in [0.05, 0.1) is 14.2 Å². The van der Waals surface area contributed by atoms with Gasteiger partial charge in [-0.15, -0.1) is 11.3 Å². The maximum absolute atomic E-state index is 5.27. The normalized spacial score (nSPS) is 10.1. The van der Waals surface area contributed by atoms with E-state index in [1.165, 1.54) is 4.88 Å². The molecule has 4 heteroatoms. The van der Waals surface area contributed by atoms with Crippen LogP contribution in [0.15, 0.2) is 35.7 Å². The highest BCUT2D eigenvalue weighted by Gasteiger charge is 2.04. The first-order valence-electron chi connectivity index (χ1n) is 5.82. The van der Waals surface area contributed by atoms with E-state index in [0.717, 1.165) is 30.2 Å². The Morgan fingerprint density at radius 1 is 1.11 bits per heavy atom. The Hall–Kier alpha value is -1.68. The summed E-state index contributed by atoms with van der Waals surface area (Å²) in [6.07, 6.45) is 1.03. The molecule has 18 heavy (non-hydrogen) atoms. The molecule has 1 heterocycles. The van der Waals surface area contributed by atoms with E-state index < -0.39 is 0 Å². The first-order chi connectivity index (χ1) is 8.83. The number of benzene rings is 1. The second kappa shape index (κ2) is 6.31. The fourth-order valence-electron chi connectivity index (χ4n) is 1.73. The summed E-state index contributed by atoms with van der Waals surface area (Å²) >= 11 is 1.79. The summed E-state index contributed by atoms with van der Waals surface area (Å²) in [5.41, 5.74) is 1.05. The lowest BCUT2D eigenvalue weighted by Gasteiger charge is -2.10. The van der Waals surface area contributed by atoms with Crippen LogP contribution in [-0.4, -0.2) is 20.8 Å². The van der Waals surface area contributed by atoms with Gasteiger partial charge in [0.2, 0.25) is 0 Å². The number of nitrogens with one attached hydrogen (secondary N) is 1. The summed E-state index contributed by atoms with van der Waals surface area (Å²) in [5.74, 6) is 1.50. The van der Waals surface area contributed by atoms with Crippen LogP contribution in [0.4, 0.5) is 5.69 Å². The maximum Gasteiger partial charge on any atom is 0.162 e. The van der Waals surface area contributed by atoms with E-state index >= 15 is 0 Å². The largest absolute Gasteiger partial charge is 0.493 e. The van der Waals surface area contributed by atoms with Crippen LogP contribution in [0.25, 0.3) is 0 Å². The minimum absolute atomic E-state index is 0.749. The second-order valence-electron chi connectivity index (χ2n) is 3.83. The molecule has 0 bridgehead atoms. The van der Waals surface area contributed by atoms with Crippen molar-refractivity contribution in [3.63, 3.8) is 0 Å². The van der Waals surface area contributed by atoms with Gasteiger partial charge in [-0.25, -0.2) is 0 Å². The number of hydrogen-bond donors (Lipinski definition) is 1. The Kier molecular flexibility index (Phi) is 4.47. The average molecular weight is 263 g/mol. The fourth-order valence-corrected chi connectivity index (χ4v) is 2.44. The number of thiophene rings is 1. The predicted octanol–water partition coefficient (Wildman–Crippen LogP) is 3.42. The summed E-state index contributed by atoms with van der Waals surface area (Å²) in [5, 5.41) is 5.48. The van der Waals surface area contributed by atoms with Crippen LogP contribution >= 0.6 is 11.3 Å². The number of ether oxygens (including phenoxy) is 2. The van der Waals surface area contributed by atoms with Crippen molar-refractivity contribution in [2.45, 2.75) is 6.42 Å². The molecule has 0 atom stereocenters. The Bertz CT molecular complexity index is 483. The summed E-state index contributed by atoms with van der Waals surface area (Å²) in [6, 6.07) is 10.1. The molecule has 0 amide bonds. The second-order valence-corrected chi connectivity index (χ2v) is 4.86. The Balaban J connectivity index is 1.93. The molecule has 0 fully saturated rings. The van der Waals surface area contributed by atoms with Crippen molar-refractivity contribution in [1.29, 1.82) is 0 Å². The van der Waals surface area contributed by atoms with Crippen LogP contribution in [0.1, 0.15) is 4.88 Å². The Labute approximate surface area is 111 Å². The van der Waals surface area contributed by atoms with Gasteiger partial charge in [0, 0.05) is 23.2 Å². The number of methoxy groups -OCH3 is 2. The number of rotatable bonds is 6. The van der Waals surface area contributed by atoms with Gasteiger partial charge >= 0.3 is 0 Å². The Morgan fingerprint density at radius 3 is 2.61 bits per heavy atom. The predicted molar refractivity (Wildman–Crippen MR) is 76.1 cm³/mol. The highest BCUT2D eigenvalue weighted by Crippen LogP contribution is 2.29. The third-order valence-corrected chi connectivity index (χ3v) is 3.60. The van der Waals surface area contributed by atoms with Crippen LogP contribution < -0.4 is 14.8 Å². The van der Waals surface area contributed by atoms with Crippen molar-refractivity contribution >= 4 is 17.0 Å². The molecule has 0 aliphatic rings. The van der Waals surface area contributed by atoms with Gasteiger partial charge in [-0.05, 0) is 30.0 Å². The van der Waals surface area contributed by atoms with Gasteiger partial charge in [0.1, 0.15) is 0 Å². The number of anilines is 1. The van der Waals surface area contributed by atoms with Gasteiger partial charge in [-0.3, -0.25) is 0 Å². The van der Waals surface area contributed by atoms with E-state index in [4.69, 9.17) is 9.47 Å². The van der Waals surface area contributed by atoms with Crippen molar-refractivity contribution in [2.75, 3.05) is 26.1 Å². The molecule has 1 aromatic heterocycles. The van der Waals surface area contributed by atoms with Crippen LogP contribution in [0, 0.1) is 0 Å². The maximum atomic E-state index is 5.27. The van der Waals surface area contributed by atoms with Crippen molar-refractivity contribution < 1.29 is 9.47 Å². The van der Waals surface area contributed by atoms with Crippen molar-refractivity contribution in [3.8, 4) is 11.5 Å². The first-order valence-corrected chi connectivity index (χ1v) is 6.69. The van der Waals surface area contributed by atoms with E-state index in [9.17, 15) is 0 Å². The molecule has 2 aromatic rings. The van der Waals surface area contributed by atoms with E-state index in [-0.39, 0.29) is 0 Å². The highest BCUT2D eigenvalue weighted by atomic mass is 32.1. The molecule has 2 rings (SSSR count). The lowest BCUT2D eigenvalue weighted by molar-refractivity contribution is 0.355. The third-order valence-electron chi connectivity index (χ3n) is 2.66. The highest BCUT2D eigenvalue weighted by molar-refractivity contribution is 7.09. The average Bonchev–Trinajstić information content (AvgIpc) is 2.91. The van der Waals surface area contributed by atoms with Crippen LogP contribution in [0.3, 0.4) is 0 Å². The molecule has 1 N–H and O–H groups in total. The molecule has 1 aromatic carbocycles. The molecular formula is C14H17NO2S. The van der Waals surface area contributed by atoms with Gasteiger partial charge in [0.25, 0.3) is 0 Å². The summed E-state index contributed by atoms with van der Waals surface area (Å²) in [7, 11) is 3.29. The van der Waals surface area contributed by atoms with Gasteiger partial charge in [0.15, 0.2) is 11.5 Å². The minimum Gasteiger partial charge on any atom is -0.493 e. The van der Waals surface area contributed by atoms with Crippen LogP contribution in [0.2, 0.25) is 0 Å². The van der Waals surface area contributed by atoms with E-state index in [2.05, 4.69) is 22.8 Å². The smallest absolute Gasteiger partial charge is 0.162 e. The molecule has 3 nitrogen and oxygen atoms in total. The SMILES string of the molecule is COc1ccc(NCCc2cccs2)cc1OC. The quantitative estimate of drug-likeness (QED) is 0.866. The topological polar surface area (TPSA) is 30.5 Å². The fraction of sp³-hybridized carbons (Fsp3) is 0.286. The van der Waals surface area contributed by atoms with Gasteiger partial charge in [-0.1, -0.05) is 6.07 Å². The molecule has 0 unspecified atom stereocenters. The molecule has 96 valence electrons. The zero-order chi connectivity index (χ0) is 12.8. The zero-order valence-corrected chi connectivity index (χ0v) is 11.4. The Morgan fingerprint density at radius 2 is 1.94 bits per heavy atom. The van der Waals surface area contributed by atoms with Crippen molar-refractivity contribution in [2.24, 2.45) is 0 Å². The van der Waals surface area contributed by atoms with Crippen LogP contribution in [0.5, 0.6) is 11.5 Å². The minimum atomic E-state index is 0.749. The number of hydrogen-bond acceptors (Lipinski definition) is 4. The lowest BCUT2D eigenvalue weighted by atomic mass is 10.2. The zero-order valence-electron chi connectivity index (χ0n) is 10.6. The molecule has 0 radical (unpaired) electrons. The van der Waals surface area contributed by atoms with Gasteiger partial charge in [-0.2, -0.15) is 0 Å². The van der Waals surface area contributed by atoms with Crippen LogP contribution in [-0.2, 0) is 6.42 Å². The third kappa shape index (κ3) is 3.17. The molecule has 0 saturated heterocycles. The van der Waals surface area contributed by atoms with E-state index in [1.807, 2.05) is 18.2 Å². The summed E-state index contributed by atoms with van der Waals surface area (Å²) in [6.45, 7) is 0.913. The van der Waals surface area contributed by atoms with E-state index in [1.54, 1.807) is 25.6 Å². The molecule has 0 spiro atoms. The first kappa shape index (κ1) is 12.8. The summed E-state index contributed by atoms with van der Waals surface area (Å²) in [4.78, 5) is 1.39. The van der Waals surface area contributed by atoms with Gasteiger partial charge < -0.3 is 14.8 Å².